The highest BCUT2D eigenvalue weighted by Crippen LogP contribution is 2.39. The summed E-state index contributed by atoms with van der Waals surface area (Å²) in [6.45, 7) is 9.80. The molecule has 43 heavy (non-hydrogen) atoms. The minimum absolute atomic E-state index is 0.0921. The first kappa shape index (κ1) is 29.6. The quantitative estimate of drug-likeness (QED) is 0.217. The van der Waals surface area contributed by atoms with Gasteiger partial charge >= 0.3 is 0 Å². The Morgan fingerprint density at radius 3 is 2.23 bits per heavy atom. The van der Waals surface area contributed by atoms with Crippen molar-refractivity contribution in [3.05, 3.63) is 59.7 Å². The average Bonchev–Trinajstić information content (AvgIpc) is 3.25. The van der Waals surface area contributed by atoms with E-state index in [2.05, 4.69) is 23.1 Å². The molecule has 0 unspecified atom stereocenters. The number of methoxy groups -OCH3 is 2. The van der Waals surface area contributed by atoms with Gasteiger partial charge in [0.25, 0.3) is 11.8 Å². The SMILES string of the molecule is C=C(CC=N)CN1CC=Nc2cc(OCCCOc3cc4c(cc3OC)C(=O)N3CC(=C)C[C@H]3C=N4)c(OC)cc2C1=O. The number of nitrogens with one attached hydrogen (secondary N) is 1. The van der Waals surface area contributed by atoms with Crippen LogP contribution in [0.5, 0.6) is 23.0 Å². The zero-order valence-corrected chi connectivity index (χ0v) is 24.4. The minimum Gasteiger partial charge on any atom is -0.493 e. The van der Waals surface area contributed by atoms with Crippen LogP contribution in [0.3, 0.4) is 0 Å². The Morgan fingerprint density at radius 1 is 0.977 bits per heavy atom. The van der Waals surface area contributed by atoms with Crippen LogP contribution < -0.4 is 18.9 Å². The third kappa shape index (κ3) is 6.30. The molecule has 3 aliphatic rings. The van der Waals surface area contributed by atoms with E-state index in [-0.39, 0.29) is 17.9 Å². The molecule has 1 atom stereocenters. The van der Waals surface area contributed by atoms with Crippen molar-refractivity contribution >= 4 is 41.8 Å². The van der Waals surface area contributed by atoms with Gasteiger partial charge in [-0.2, -0.15) is 0 Å². The lowest BCUT2D eigenvalue weighted by atomic mass is 10.1. The second-order valence-electron chi connectivity index (χ2n) is 10.5. The Hall–Kier alpha value is -4.93. The van der Waals surface area contributed by atoms with Gasteiger partial charge in [0, 0.05) is 50.5 Å². The maximum atomic E-state index is 13.2. The predicted octanol–water partition coefficient (Wildman–Crippen LogP) is 4.79. The first-order valence-electron chi connectivity index (χ1n) is 14.0. The molecular weight excluding hydrogens is 550 g/mol. The number of carbonyl (C=O) groups excluding carboxylic acids is 2. The number of amides is 2. The number of carbonyl (C=O) groups is 2. The molecule has 0 bridgehead atoms. The zero-order chi connectivity index (χ0) is 30.5. The van der Waals surface area contributed by atoms with E-state index in [9.17, 15) is 9.59 Å². The number of aliphatic imine (C=N–C) groups is 2. The van der Waals surface area contributed by atoms with Crippen molar-refractivity contribution in [3.8, 4) is 23.0 Å². The standard InChI is InChI=1S/C32H35N5O6/c1-20(6-7-33)18-36-9-8-34-25-15-29(27(40-3)13-23(25)31(36)38)42-10-5-11-43-30-16-26-24(14-28(30)41-4)32(39)37-19-21(2)12-22(37)17-35-26/h7-8,13-17,22,33H,1-2,5-6,9-12,18-19H2,3-4H3/t22-/m0/s1. The topological polar surface area (TPSA) is 126 Å². The monoisotopic (exact) mass is 585 g/mol. The van der Waals surface area contributed by atoms with E-state index in [0.29, 0.717) is 97.6 Å². The smallest absolute Gasteiger partial charge is 0.257 e. The van der Waals surface area contributed by atoms with E-state index < -0.39 is 0 Å². The van der Waals surface area contributed by atoms with Crippen LogP contribution in [-0.4, -0.2) is 93.4 Å². The maximum absolute atomic E-state index is 13.2. The lowest BCUT2D eigenvalue weighted by Gasteiger charge is -2.21. The summed E-state index contributed by atoms with van der Waals surface area (Å²) in [5.41, 5.74) is 3.69. The largest absolute Gasteiger partial charge is 0.493 e. The molecule has 1 fully saturated rings. The highest BCUT2D eigenvalue weighted by atomic mass is 16.5. The summed E-state index contributed by atoms with van der Waals surface area (Å²) in [5, 5.41) is 7.27. The van der Waals surface area contributed by atoms with Crippen LogP contribution in [0.2, 0.25) is 0 Å². The molecule has 0 radical (unpaired) electrons. The zero-order valence-electron chi connectivity index (χ0n) is 24.4. The molecule has 0 aliphatic carbocycles. The van der Waals surface area contributed by atoms with Crippen molar-refractivity contribution in [2.24, 2.45) is 9.98 Å². The van der Waals surface area contributed by atoms with E-state index in [1.165, 1.54) is 20.4 Å². The first-order chi connectivity index (χ1) is 20.8. The summed E-state index contributed by atoms with van der Waals surface area (Å²) >= 11 is 0. The average molecular weight is 586 g/mol. The molecule has 1 N–H and O–H groups in total. The van der Waals surface area contributed by atoms with Crippen LogP contribution in [0.4, 0.5) is 11.4 Å². The van der Waals surface area contributed by atoms with Gasteiger partial charge in [0.1, 0.15) is 0 Å². The molecule has 3 heterocycles. The van der Waals surface area contributed by atoms with Crippen LogP contribution in [0.25, 0.3) is 0 Å². The summed E-state index contributed by atoms with van der Waals surface area (Å²) in [5.74, 6) is 1.53. The number of fused-ring (bicyclic) bond motifs is 3. The van der Waals surface area contributed by atoms with Gasteiger partial charge in [-0.3, -0.25) is 19.6 Å². The van der Waals surface area contributed by atoms with Gasteiger partial charge in [0.2, 0.25) is 0 Å². The number of nitrogens with zero attached hydrogens (tertiary/aromatic N) is 4. The molecule has 2 aromatic rings. The third-order valence-corrected chi connectivity index (χ3v) is 7.39. The Kier molecular flexibility index (Phi) is 8.89. The molecule has 224 valence electrons. The third-order valence-electron chi connectivity index (χ3n) is 7.39. The molecule has 2 aromatic carbocycles. The Bertz CT molecular complexity index is 1530. The summed E-state index contributed by atoms with van der Waals surface area (Å²) < 4.78 is 23.1. The van der Waals surface area contributed by atoms with Gasteiger partial charge in [-0.15, -0.1) is 0 Å². The van der Waals surface area contributed by atoms with Gasteiger partial charge in [-0.05, 0) is 24.8 Å². The van der Waals surface area contributed by atoms with Gasteiger partial charge in [-0.1, -0.05) is 24.3 Å². The van der Waals surface area contributed by atoms with Crippen molar-refractivity contribution < 1.29 is 28.5 Å². The van der Waals surface area contributed by atoms with Crippen LogP contribution in [0.15, 0.2) is 58.6 Å². The fraction of sp³-hybridized carbons (Fsp3) is 0.344. The summed E-state index contributed by atoms with van der Waals surface area (Å²) in [6.07, 6.45) is 6.40. The molecule has 11 heteroatoms. The molecule has 0 aromatic heterocycles. The fourth-order valence-corrected chi connectivity index (χ4v) is 5.23. The Morgan fingerprint density at radius 2 is 1.60 bits per heavy atom. The predicted molar refractivity (Wildman–Crippen MR) is 165 cm³/mol. The molecule has 2 amide bonds. The number of benzene rings is 2. The first-order valence-corrected chi connectivity index (χ1v) is 14.0. The van der Waals surface area contributed by atoms with E-state index in [1.807, 2.05) is 0 Å². The van der Waals surface area contributed by atoms with E-state index >= 15 is 0 Å². The number of hydrogen-bond acceptors (Lipinski definition) is 9. The van der Waals surface area contributed by atoms with Crippen molar-refractivity contribution in [2.75, 3.05) is 47.1 Å². The van der Waals surface area contributed by atoms with E-state index in [4.69, 9.17) is 24.4 Å². The molecule has 3 aliphatic heterocycles. The van der Waals surface area contributed by atoms with E-state index in [0.717, 1.165) is 11.1 Å². The normalized spacial score (nSPS) is 17.1. The van der Waals surface area contributed by atoms with Crippen molar-refractivity contribution in [1.29, 1.82) is 5.41 Å². The van der Waals surface area contributed by atoms with Crippen molar-refractivity contribution in [3.63, 3.8) is 0 Å². The molecule has 11 nitrogen and oxygen atoms in total. The highest BCUT2D eigenvalue weighted by molar-refractivity contribution is 6.04. The van der Waals surface area contributed by atoms with Crippen LogP contribution >= 0.6 is 0 Å². The van der Waals surface area contributed by atoms with Crippen molar-refractivity contribution in [2.45, 2.75) is 25.3 Å². The molecule has 1 saturated heterocycles. The molecule has 0 saturated carbocycles. The lowest BCUT2D eigenvalue weighted by Crippen LogP contribution is -2.35. The second-order valence-corrected chi connectivity index (χ2v) is 10.5. The van der Waals surface area contributed by atoms with Crippen LogP contribution in [0.1, 0.15) is 40.0 Å². The van der Waals surface area contributed by atoms with Crippen molar-refractivity contribution in [1.82, 2.24) is 9.80 Å². The second kappa shape index (κ2) is 12.9. The molecule has 5 rings (SSSR count). The summed E-state index contributed by atoms with van der Waals surface area (Å²) in [7, 11) is 3.05. The molecule has 0 spiro atoms. The Labute approximate surface area is 250 Å². The maximum Gasteiger partial charge on any atom is 0.257 e. The highest BCUT2D eigenvalue weighted by Gasteiger charge is 2.34. The van der Waals surface area contributed by atoms with Gasteiger partial charge < -0.3 is 34.2 Å². The summed E-state index contributed by atoms with van der Waals surface area (Å²) in [4.78, 5) is 38.9. The van der Waals surface area contributed by atoms with Crippen LogP contribution in [0, 0.1) is 5.41 Å². The number of hydrogen-bond donors (Lipinski definition) is 1. The number of rotatable bonds is 12. The van der Waals surface area contributed by atoms with Gasteiger partial charge in [-0.25, -0.2) is 0 Å². The Balaban J connectivity index is 1.22. The van der Waals surface area contributed by atoms with Gasteiger partial charge in [0.15, 0.2) is 23.0 Å². The number of ether oxygens (including phenoxy) is 4. The van der Waals surface area contributed by atoms with Gasteiger partial charge in [0.05, 0.1) is 62.5 Å². The summed E-state index contributed by atoms with van der Waals surface area (Å²) in [6, 6.07) is 6.66. The lowest BCUT2D eigenvalue weighted by molar-refractivity contribution is 0.0775. The van der Waals surface area contributed by atoms with E-state index in [1.54, 1.807) is 46.5 Å². The van der Waals surface area contributed by atoms with Crippen LogP contribution in [-0.2, 0) is 0 Å². The fourth-order valence-electron chi connectivity index (χ4n) is 5.23. The molecular formula is C32H35N5O6. The minimum atomic E-state index is -0.191.